The average molecular weight is 498 g/mol. The Bertz CT molecular complexity index is 1270. The lowest BCUT2D eigenvalue weighted by atomic mass is 10.0. The van der Waals surface area contributed by atoms with E-state index >= 15 is 0 Å². The van der Waals surface area contributed by atoms with Crippen molar-refractivity contribution in [1.29, 1.82) is 0 Å². The average Bonchev–Trinajstić information content (AvgIpc) is 3.30. The van der Waals surface area contributed by atoms with Gasteiger partial charge >= 0.3 is 0 Å². The van der Waals surface area contributed by atoms with E-state index in [9.17, 15) is 4.79 Å². The molecular formula is C29H31N5OS. The molecule has 0 bridgehead atoms. The molecule has 1 amide bonds. The van der Waals surface area contributed by atoms with Crippen molar-refractivity contribution in [3.05, 3.63) is 96.3 Å². The molecule has 0 saturated carbocycles. The Kier molecular flexibility index (Phi) is 8.10. The predicted octanol–water partition coefficient (Wildman–Crippen LogP) is 5.71. The van der Waals surface area contributed by atoms with Crippen LogP contribution in [-0.2, 0) is 17.9 Å². The number of carbonyl (C=O) groups excluding carboxylic acids is 1. The van der Waals surface area contributed by atoms with Crippen LogP contribution in [0.4, 0.5) is 5.69 Å². The van der Waals surface area contributed by atoms with Gasteiger partial charge in [0, 0.05) is 11.3 Å². The minimum atomic E-state index is -0.0600. The lowest BCUT2D eigenvalue weighted by Crippen LogP contribution is -2.30. The monoisotopic (exact) mass is 497 g/mol. The summed E-state index contributed by atoms with van der Waals surface area (Å²) in [6.45, 7) is 3.68. The van der Waals surface area contributed by atoms with E-state index < -0.39 is 0 Å². The summed E-state index contributed by atoms with van der Waals surface area (Å²) in [5.74, 6) is 1.16. The highest BCUT2D eigenvalue weighted by Crippen LogP contribution is 2.28. The largest absolute Gasteiger partial charge is 0.325 e. The van der Waals surface area contributed by atoms with Crippen LogP contribution in [-0.4, -0.2) is 44.4 Å². The summed E-state index contributed by atoms with van der Waals surface area (Å²) in [7, 11) is 0. The topological polar surface area (TPSA) is 63.1 Å². The van der Waals surface area contributed by atoms with E-state index in [4.69, 9.17) is 0 Å². The van der Waals surface area contributed by atoms with E-state index in [0.717, 1.165) is 47.4 Å². The Morgan fingerprint density at radius 3 is 2.28 bits per heavy atom. The van der Waals surface area contributed by atoms with Crippen LogP contribution in [0.2, 0.25) is 0 Å². The molecular weight excluding hydrogens is 466 g/mol. The second kappa shape index (κ2) is 12.0. The number of benzene rings is 3. The molecule has 6 nitrogen and oxygen atoms in total. The SMILES string of the molecule is O=C(CSc1nnc(CN2CCCCC2)n1Cc1ccccc1)Nc1ccccc1-c1ccccc1. The Labute approximate surface area is 216 Å². The summed E-state index contributed by atoms with van der Waals surface area (Å²) < 4.78 is 2.17. The van der Waals surface area contributed by atoms with Gasteiger partial charge < -0.3 is 9.88 Å². The first-order valence-corrected chi connectivity index (χ1v) is 13.5. The summed E-state index contributed by atoms with van der Waals surface area (Å²) in [6, 6.07) is 28.4. The number of piperidine rings is 1. The van der Waals surface area contributed by atoms with Gasteiger partial charge in [0.25, 0.3) is 0 Å². The van der Waals surface area contributed by atoms with E-state index in [-0.39, 0.29) is 11.7 Å². The van der Waals surface area contributed by atoms with Gasteiger partial charge in [0.2, 0.25) is 5.91 Å². The maximum absolute atomic E-state index is 13.0. The fourth-order valence-electron chi connectivity index (χ4n) is 4.56. The van der Waals surface area contributed by atoms with Gasteiger partial charge in [0.15, 0.2) is 5.16 Å². The lowest BCUT2D eigenvalue weighted by Gasteiger charge is -2.26. The van der Waals surface area contributed by atoms with E-state index in [2.05, 4.69) is 61.4 Å². The smallest absolute Gasteiger partial charge is 0.234 e. The number of thioether (sulfide) groups is 1. The van der Waals surface area contributed by atoms with Crippen molar-refractivity contribution < 1.29 is 4.79 Å². The van der Waals surface area contributed by atoms with Crippen molar-refractivity contribution in [3.8, 4) is 11.1 Å². The Balaban J connectivity index is 1.29. The minimum absolute atomic E-state index is 0.0600. The number of anilines is 1. The molecule has 3 aromatic carbocycles. The van der Waals surface area contributed by atoms with Gasteiger partial charge in [-0.25, -0.2) is 0 Å². The number of amides is 1. The van der Waals surface area contributed by atoms with Gasteiger partial charge in [0.1, 0.15) is 5.82 Å². The molecule has 0 spiro atoms. The molecule has 0 radical (unpaired) electrons. The third-order valence-corrected chi connectivity index (χ3v) is 7.38. The third-order valence-electron chi connectivity index (χ3n) is 6.41. The number of aromatic nitrogens is 3. The zero-order valence-corrected chi connectivity index (χ0v) is 21.2. The van der Waals surface area contributed by atoms with Crippen LogP contribution in [0.25, 0.3) is 11.1 Å². The van der Waals surface area contributed by atoms with Crippen molar-refractivity contribution in [2.75, 3.05) is 24.2 Å². The molecule has 1 aliphatic heterocycles. The number of hydrogen-bond donors (Lipinski definition) is 1. The number of rotatable bonds is 9. The first-order chi connectivity index (χ1) is 17.8. The summed E-state index contributed by atoms with van der Waals surface area (Å²) in [5, 5.41) is 12.9. The molecule has 1 aliphatic rings. The Morgan fingerprint density at radius 2 is 1.50 bits per heavy atom. The molecule has 1 N–H and O–H groups in total. The summed E-state index contributed by atoms with van der Waals surface area (Å²) in [5.41, 5.74) is 4.09. The van der Waals surface area contributed by atoms with E-state index in [1.54, 1.807) is 0 Å². The maximum atomic E-state index is 13.0. The molecule has 36 heavy (non-hydrogen) atoms. The Hall–Kier alpha value is -3.42. The summed E-state index contributed by atoms with van der Waals surface area (Å²) in [4.78, 5) is 15.4. The third kappa shape index (κ3) is 6.22. The Morgan fingerprint density at radius 1 is 0.806 bits per heavy atom. The van der Waals surface area contributed by atoms with Crippen LogP contribution in [0.15, 0.2) is 90.1 Å². The van der Waals surface area contributed by atoms with Crippen molar-refractivity contribution in [2.45, 2.75) is 37.5 Å². The maximum Gasteiger partial charge on any atom is 0.234 e. The molecule has 1 aromatic heterocycles. The van der Waals surface area contributed by atoms with Gasteiger partial charge in [-0.15, -0.1) is 10.2 Å². The quantitative estimate of drug-likeness (QED) is 0.300. The molecule has 1 saturated heterocycles. The fraction of sp³-hybridized carbons (Fsp3) is 0.276. The minimum Gasteiger partial charge on any atom is -0.325 e. The second-order valence-corrected chi connectivity index (χ2v) is 10.00. The van der Waals surface area contributed by atoms with Gasteiger partial charge in [-0.05, 0) is 43.1 Å². The van der Waals surface area contributed by atoms with Crippen LogP contribution in [0.1, 0.15) is 30.7 Å². The number of nitrogens with zero attached hydrogens (tertiary/aromatic N) is 4. The molecule has 2 heterocycles. The highest BCUT2D eigenvalue weighted by atomic mass is 32.2. The molecule has 0 atom stereocenters. The first kappa shape index (κ1) is 24.3. The number of hydrogen-bond acceptors (Lipinski definition) is 5. The highest BCUT2D eigenvalue weighted by Gasteiger charge is 2.19. The molecule has 0 unspecified atom stereocenters. The number of para-hydroxylation sites is 1. The highest BCUT2D eigenvalue weighted by molar-refractivity contribution is 7.99. The van der Waals surface area contributed by atoms with Gasteiger partial charge in [-0.3, -0.25) is 9.69 Å². The van der Waals surface area contributed by atoms with Crippen molar-refractivity contribution in [1.82, 2.24) is 19.7 Å². The van der Waals surface area contributed by atoms with Crippen LogP contribution in [0.5, 0.6) is 0 Å². The second-order valence-electron chi connectivity index (χ2n) is 9.06. The van der Waals surface area contributed by atoms with Crippen LogP contribution in [0, 0.1) is 0 Å². The standard InChI is InChI=1S/C29H31N5OS/c35-28(30-26-17-9-8-16-25(26)24-14-6-2-7-15-24)22-36-29-32-31-27(21-33-18-10-3-11-19-33)34(29)20-23-12-4-1-5-13-23/h1-2,4-9,12-17H,3,10-11,18-22H2,(H,30,35). The number of nitrogens with one attached hydrogen (secondary N) is 1. The molecule has 4 aromatic rings. The van der Waals surface area contributed by atoms with Gasteiger partial charge in [-0.2, -0.15) is 0 Å². The van der Waals surface area contributed by atoms with Gasteiger partial charge in [0.05, 0.1) is 18.8 Å². The molecule has 0 aliphatic carbocycles. The number of likely N-dealkylation sites (tertiary alicyclic amines) is 1. The molecule has 184 valence electrons. The summed E-state index contributed by atoms with van der Waals surface area (Å²) >= 11 is 1.44. The lowest BCUT2D eigenvalue weighted by molar-refractivity contribution is -0.113. The van der Waals surface area contributed by atoms with Crippen LogP contribution >= 0.6 is 11.8 Å². The summed E-state index contributed by atoms with van der Waals surface area (Å²) in [6.07, 6.45) is 3.77. The van der Waals surface area contributed by atoms with Crippen molar-refractivity contribution >= 4 is 23.4 Å². The zero-order valence-electron chi connectivity index (χ0n) is 20.3. The molecule has 1 fully saturated rings. The fourth-order valence-corrected chi connectivity index (χ4v) is 5.32. The molecule has 7 heteroatoms. The van der Waals surface area contributed by atoms with Crippen LogP contribution < -0.4 is 5.32 Å². The first-order valence-electron chi connectivity index (χ1n) is 12.5. The van der Waals surface area contributed by atoms with E-state index in [1.165, 1.54) is 36.6 Å². The predicted molar refractivity (Wildman–Crippen MR) is 146 cm³/mol. The normalized spacial score (nSPS) is 14.0. The van der Waals surface area contributed by atoms with Crippen molar-refractivity contribution in [3.63, 3.8) is 0 Å². The van der Waals surface area contributed by atoms with Crippen molar-refractivity contribution in [2.24, 2.45) is 0 Å². The van der Waals surface area contributed by atoms with E-state index in [1.807, 2.05) is 48.5 Å². The molecule has 5 rings (SSSR count). The van der Waals surface area contributed by atoms with Gasteiger partial charge in [-0.1, -0.05) is 97.0 Å². The van der Waals surface area contributed by atoms with Crippen LogP contribution in [0.3, 0.4) is 0 Å². The zero-order chi connectivity index (χ0) is 24.6. The van der Waals surface area contributed by atoms with E-state index in [0.29, 0.717) is 6.54 Å². The number of carbonyl (C=O) groups is 1.